The lowest BCUT2D eigenvalue weighted by Gasteiger charge is -2.47. The van der Waals surface area contributed by atoms with Gasteiger partial charge >= 0.3 is 0 Å². The maximum absolute atomic E-state index is 7.08. The summed E-state index contributed by atoms with van der Waals surface area (Å²) in [6, 6.07) is 10.6. The van der Waals surface area contributed by atoms with Crippen molar-refractivity contribution in [2.24, 2.45) is 11.8 Å². The van der Waals surface area contributed by atoms with Gasteiger partial charge in [0, 0.05) is 5.92 Å². The van der Waals surface area contributed by atoms with Crippen LogP contribution in [0.4, 0.5) is 0 Å². The van der Waals surface area contributed by atoms with Crippen LogP contribution in [0.1, 0.15) is 63.3 Å². The quantitative estimate of drug-likeness (QED) is 0.444. The predicted molar refractivity (Wildman–Crippen MR) is 133 cm³/mol. The Morgan fingerprint density at radius 2 is 1.45 bits per heavy atom. The van der Waals surface area contributed by atoms with Crippen LogP contribution in [-0.2, 0) is 4.43 Å². The number of ether oxygens (including phenoxy) is 4. The topological polar surface area (TPSA) is 46.2 Å². The van der Waals surface area contributed by atoms with Crippen LogP contribution >= 0.6 is 0 Å². The fraction of sp³-hybridized carbons (Fsp3) is 0.556. The first kappa shape index (κ1) is 24.0. The maximum Gasteiger partial charge on any atom is 0.231 e. The largest absolute Gasteiger partial charge is 0.493 e. The van der Waals surface area contributed by atoms with Gasteiger partial charge in [-0.3, -0.25) is 0 Å². The molecule has 2 aliphatic rings. The summed E-state index contributed by atoms with van der Waals surface area (Å²) < 4.78 is 29.8. The van der Waals surface area contributed by atoms with Crippen LogP contribution in [0.3, 0.4) is 0 Å². The van der Waals surface area contributed by atoms with Crippen LogP contribution in [0, 0.1) is 11.8 Å². The fourth-order valence-corrected chi connectivity index (χ4v) is 6.16. The average Bonchev–Trinajstić information content (AvgIpc) is 3.23. The van der Waals surface area contributed by atoms with E-state index in [0.717, 1.165) is 23.0 Å². The molecule has 0 unspecified atom stereocenters. The van der Waals surface area contributed by atoms with Crippen LogP contribution < -0.4 is 18.9 Å². The van der Waals surface area contributed by atoms with Crippen LogP contribution in [0.25, 0.3) is 0 Å². The highest BCUT2D eigenvalue weighted by Gasteiger charge is 2.46. The van der Waals surface area contributed by atoms with Gasteiger partial charge in [0.25, 0.3) is 0 Å². The molecule has 0 radical (unpaired) electrons. The van der Waals surface area contributed by atoms with Gasteiger partial charge in [-0.05, 0) is 70.9 Å². The summed E-state index contributed by atoms with van der Waals surface area (Å²) >= 11 is 0. The minimum atomic E-state index is -2.01. The molecule has 180 valence electrons. The minimum Gasteiger partial charge on any atom is -0.493 e. The molecular weight excluding hydrogens is 432 g/mol. The smallest absolute Gasteiger partial charge is 0.231 e. The van der Waals surface area contributed by atoms with Crippen molar-refractivity contribution in [3.63, 3.8) is 0 Å². The molecule has 33 heavy (non-hydrogen) atoms. The lowest BCUT2D eigenvalue weighted by molar-refractivity contribution is 0.0774. The van der Waals surface area contributed by atoms with E-state index in [0.29, 0.717) is 11.8 Å². The second-order valence-electron chi connectivity index (χ2n) is 10.9. The van der Waals surface area contributed by atoms with Crippen molar-refractivity contribution in [3.05, 3.63) is 47.0 Å². The zero-order valence-corrected chi connectivity index (χ0v) is 22.4. The van der Waals surface area contributed by atoms with Crippen molar-refractivity contribution in [2.75, 3.05) is 21.0 Å². The second-order valence-corrected chi connectivity index (χ2v) is 15.7. The highest BCUT2D eigenvalue weighted by atomic mass is 28.4. The van der Waals surface area contributed by atoms with Gasteiger partial charge in [-0.25, -0.2) is 0 Å². The Morgan fingerprint density at radius 1 is 0.848 bits per heavy atom. The average molecular weight is 471 g/mol. The van der Waals surface area contributed by atoms with Gasteiger partial charge in [-0.2, -0.15) is 0 Å². The van der Waals surface area contributed by atoms with Crippen LogP contribution in [0.15, 0.2) is 30.3 Å². The number of rotatable bonds is 5. The minimum absolute atomic E-state index is 0.000887. The van der Waals surface area contributed by atoms with E-state index in [4.69, 9.17) is 23.4 Å². The Hall–Kier alpha value is -2.18. The SMILES string of the molecule is COc1cc2c(cc1OC)[C@H](O[Si](C)(C)C(C)(C)C)[C@H](C)[C@@H](C)[C@@H]2c1ccc2c(c1)OCO2. The van der Waals surface area contributed by atoms with Crippen molar-refractivity contribution >= 4 is 8.32 Å². The van der Waals surface area contributed by atoms with Gasteiger partial charge in [0.1, 0.15) is 0 Å². The lowest BCUT2D eigenvalue weighted by Crippen LogP contribution is -2.45. The third-order valence-corrected chi connectivity index (χ3v) is 12.5. The molecule has 0 spiro atoms. The van der Waals surface area contributed by atoms with Gasteiger partial charge in [0.2, 0.25) is 6.79 Å². The third-order valence-electron chi connectivity index (χ3n) is 8.05. The van der Waals surface area contributed by atoms with E-state index in [1.54, 1.807) is 14.2 Å². The summed E-state index contributed by atoms with van der Waals surface area (Å²) in [6.07, 6.45) is 0.000887. The molecule has 1 aliphatic carbocycles. The molecule has 0 bridgehead atoms. The van der Waals surface area contributed by atoms with E-state index in [1.807, 2.05) is 6.07 Å². The summed E-state index contributed by atoms with van der Waals surface area (Å²) in [5.74, 6) is 3.96. The van der Waals surface area contributed by atoms with E-state index in [-0.39, 0.29) is 23.9 Å². The molecular formula is C27H38O5Si. The number of benzene rings is 2. The molecule has 5 nitrogen and oxygen atoms in total. The normalized spacial score (nSPS) is 24.4. The van der Waals surface area contributed by atoms with Crippen molar-refractivity contribution in [1.29, 1.82) is 0 Å². The molecule has 0 saturated heterocycles. The second kappa shape index (κ2) is 8.55. The standard InChI is InChI=1S/C27H38O5Si/c1-16-17(2)26(32-33(8,9)27(3,4)5)20-14-23(29-7)22(28-6)13-19(20)25(16)18-10-11-21-24(12-18)31-15-30-21/h10-14,16-17,25-26H,15H2,1-9H3/t16-,17-,25-,26-/m1/s1. The molecule has 2 aromatic rings. The third kappa shape index (κ3) is 4.12. The molecule has 1 heterocycles. The van der Waals surface area contributed by atoms with Crippen LogP contribution in [-0.4, -0.2) is 29.3 Å². The molecule has 4 rings (SSSR count). The van der Waals surface area contributed by atoms with E-state index >= 15 is 0 Å². The van der Waals surface area contributed by atoms with Gasteiger partial charge < -0.3 is 23.4 Å². The summed E-state index contributed by atoms with van der Waals surface area (Å²) in [6.45, 7) is 16.5. The predicted octanol–water partition coefficient (Wildman–Crippen LogP) is 6.91. The highest BCUT2D eigenvalue weighted by Crippen LogP contribution is 2.54. The Balaban J connectivity index is 1.87. The van der Waals surface area contributed by atoms with Gasteiger partial charge in [-0.1, -0.05) is 40.7 Å². The molecule has 0 fully saturated rings. The first-order valence-corrected chi connectivity index (χ1v) is 14.7. The van der Waals surface area contributed by atoms with E-state index < -0.39 is 8.32 Å². The van der Waals surface area contributed by atoms with Crippen molar-refractivity contribution in [2.45, 2.75) is 64.8 Å². The molecule has 0 N–H and O–H groups in total. The first-order valence-electron chi connectivity index (χ1n) is 11.8. The number of hydrogen-bond acceptors (Lipinski definition) is 5. The van der Waals surface area contributed by atoms with Gasteiger partial charge in [0.05, 0.1) is 20.3 Å². The fourth-order valence-electron chi connectivity index (χ4n) is 4.83. The summed E-state index contributed by atoms with van der Waals surface area (Å²) in [5, 5.41) is 0.126. The van der Waals surface area contributed by atoms with Gasteiger partial charge in [-0.15, -0.1) is 0 Å². The molecule has 2 aromatic carbocycles. The Labute approximate surface area is 199 Å². The monoisotopic (exact) mass is 470 g/mol. The summed E-state index contributed by atoms with van der Waals surface area (Å²) in [5.41, 5.74) is 3.66. The number of methoxy groups -OCH3 is 2. The summed E-state index contributed by atoms with van der Waals surface area (Å²) in [7, 11) is 1.38. The summed E-state index contributed by atoms with van der Waals surface area (Å²) in [4.78, 5) is 0. The molecule has 0 amide bonds. The zero-order valence-electron chi connectivity index (χ0n) is 21.4. The van der Waals surface area contributed by atoms with E-state index in [1.165, 1.54) is 16.7 Å². The Morgan fingerprint density at radius 3 is 2.06 bits per heavy atom. The zero-order chi connectivity index (χ0) is 24.1. The molecule has 1 aliphatic heterocycles. The lowest BCUT2D eigenvalue weighted by atomic mass is 9.66. The molecule has 0 aromatic heterocycles. The maximum atomic E-state index is 7.08. The molecule has 0 saturated carbocycles. The van der Waals surface area contributed by atoms with E-state index in [2.05, 4.69) is 72.0 Å². The van der Waals surface area contributed by atoms with Crippen molar-refractivity contribution in [3.8, 4) is 23.0 Å². The van der Waals surface area contributed by atoms with Gasteiger partial charge in [0.15, 0.2) is 31.3 Å². The number of fused-ring (bicyclic) bond motifs is 2. The Bertz CT molecular complexity index is 1030. The van der Waals surface area contributed by atoms with Crippen molar-refractivity contribution in [1.82, 2.24) is 0 Å². The van der Waals surface area contributed by atoms with Crippen LogP contribution in [0.2, 0.25) is 18.1 Å². The Kier molecular flexibility index (Phi) is 6.21. The highest BCUT2D eigenvalue weighted by molar-refractivity contribution is 6.74. The molecule has 4 atom stereocenters. The van der Waals surface area contributed by atoms with Crippen molar-refractivity contribution < 1.29 is 23.4 Å². The van der Waals surface area contributed by atoms with Crippen LogP contribution in [0.5, 0.6) is 23.0 Å². The van der Waals surface area contributed by atoms with E-state index in [9.17, 15) is 0 Å². The molecule has 6 heteroatoms. The first-order chi connectivity index (χ1) is 15.5. The number of hydrogen-bond donors (Lipinski definition) is 0.